The van der Waals surface area contributed by atoms with Crippen LogP contribution < -0.4 is 5.32 Å². The Morgan fingerprint density at radius 2 is 2.28 bits per heavy atom. The Bertz CT molecular complexity index is 673. The molecule has 3 aromatic heterocycles. The Balaban J connectivity index is 1.95. The van der Waals surface area contributed by atoms with E-state index in [1.54, 1.807) is 6.26 Å². The molecule has 5 heteroatoms. The number of hydrogen-bond donors (Lipinski definition) is 1. The molecule has 0 aliphatic rings. The molecule has 92 valence electrons. The quantitative estimate of drug-likeness (QED) is 0.785. The highest BCUT2D eigenvalue weighted by atomic mass is 35.5. The van der Waals surface area contributed by atoms with Gasteiger partial charge in [-0.2, -0.15) is 5.10 Å². The van der Waals surface area contributed by atoms with Gasteiger partial charge in [-0.05, 0) is 31.2 Å². The lowest BCUT2D eigenvalue weighted by molar-refractivity contribution is 0.518. The van der Waals surface area contributed by atoms with Crippen molar-refractivity contribution in [3.63, 3.8) is 0 Å². The first-order valence-electron chi connectivity index (χ1n) is 5.65. The van der Waals surface area contributed by atoms with E-state index in [9.17, 15) is 0 Å². The number of aryl methyl sites for hydroxylation is 1. The molecule has 3 heterocycles. The third kappa shape index (κ3) is 1.95. The van der Waals surface area contributed by atoms with Crippen molar-refractivity contribution < 1.29 is 4.42 Å². The second kappa shape index (κ2) is 4.38. The number of nitrogens with zero attached hydrogens (tertiary/aromatic N) is 2. The summed E-state index contributed by atoms with van der Waals surface area (Å²) in [6.45, 7) is 2.61. The average molecular weight is 262 g/mol. The van der Waals surface area contributed by atoms with E-state index in [2.05, 4.69) is 10.4 Å². The normalized spacial score (nSPS) is 11.0. The van der Waals surface area contributed by atoms with Gasteiger partial charge in [0, 0.05) is 11.8 Å². The van der Waals surface area contributed by atoms with Gasteiger partial charge in [-0.25, -0.2) is 4.52 Å². The van der Waals surface area contributed by atoms with Gasteiger partial charge in [0.1, 0.15) is 5.76 Å². The van der Waals surface area contributed by atoms with E-state index in [1.807, 2.05) is 41.8 Å². The van der Waals surface area contributed by atoms with Crippen LogP contribution in [-0.4, -0.2) is 9.61 Å². The molecule has 1 N–H and O–H groups in total. The number of nitrogens with one attached hydrogen (secondary N) is 1. The lowest BCUT2D eigenvalue weighted by Crippen LogP contribution is -2.02. The smallest absolute Gasteiger partial charge is 0.152 e. The number of aromatic nitrogens is 2. The van der Waals surface area contributed by atoms with E-state index in [4.69, 9.17) is 16.0 Å². The third-order valence-electron chi connectivity index (χ3n) is 2.81. The maximum Gasteiger partial charge on any atom is 0.152 e. The Morgan fingerprint density at radius 3 is 3.06 bits per heavy atom. The summed E-state index contributed by atoms with van der Waals surface area (Å²) in [6.07, 6.45) is 1.66. The fourth-order valence-electron chi connectivity index (χ4n) is 1.92. The summed E-state index contributed by atoms with van der Waals surface area (Å²) in [7, 11) is 0. The van der Waals surface area contributed by atoms with E-state index < -0.39 is 0 Å². The molecule has 0 bridgehead atoms. The molecule has 0 atom stereocenters. The first kappa shape index (κ1) is 11.2. The van der Waals surface area contributed by atoms with Gasteiger partial charge in [0.05, 0.1) is 24.0 Å². The lowest BCUT2D eigenvalue weighted by Gasteiger charge is -2.08. The van der Waals surface area contributed by atoms with Gasteiger partial charge in [0.15, 0.2) is 5.15 Å². The Kier molecular flexibility index (Phi) is 2.72. The maximum atomic E-state index is 6.02. The second-order valence-corrected chi connectivity index (χ2v) is 4.47. The Morgan fingerprint density at radius 1 is 1.39 bits per heavy atom. The first-order chi connectivity index (χ1) is 8.74. The molecule has 0 aliphatic heterocycles. The zero-order valence-electron chi connectivity index (χ0n) is 9.85. The molecule has 3 aromatic rings. The first-order valence-corrected chi connectivity index (χ1v) is 6.03. The fraction of sp³-hybridized carbons (Fsp3) is 0.154. The monoisotopic (exact) mass is 261 g/mol. The highest BCUT2D eigenvalue weighted by Crippen LogP contribution is 2.22. The number of rotatable bonds is 3. The maximum absolute atomic E-state index is 6.02. The van der Waals surface area contributed by atoms with Crippen LogP contribution in [0.15, 0.2) is 41.0 Å². The average Bonchev–Trinajstić information content (AvgIpc) is 2.97. The molecular weight excluding hydrogens is 250 g/mol. The van der Waals surface area contributed by atoms with E-state index in [1.165, 1.54) is 0 Å². The van der Waals surface area contributed by atoms with E-state index in [-0.39, 0.29) is 0 Å². The molecule has 18 heavy (non-hydrogen) atoms. The molecule has 4 nitrogen and oxygen atoms in total. The summed E-state index contributed by atoms with van der Waals surface area (Å²) in [5, 5.41) is 8.03. The minimum Gasteiger partial charge on any atom is -0.467 e. The van der Waals surface area contributed by atoms with Crippen molar-refractivity contribution in [1.29, 1.82) is 0 Å². The minimum atomic E-state index is 0.462. The molecule has 0 amide bonds. The lowest BCUT2D eigenvalue weighted by atomic mass is 10.3. The third-order valence-corrected chi connectivity index (χ3v) is 3.00. The number of fused-ring (bicyclic) bond motifs is 1. The van der Waals surface area contributed by atoms with Crippen molar-refractivity contribution in [2.45, 2.75) is 13.5 Å². The Labute approximate surface area is 109 Å². The van der Waals surface area contributed by atoms with Crippen LogP contribution in [0.3, 0.4) is 0 Å². The molecule has 0 radical (unpaired) electrons. The standard InChI is InChI=1S/C13H12ClN3O/c1-9-4-5-12-11(7-13(14)16-17(9)12)15-8-10-3-2-6-18-10/h2-7,15H,8H2,1H3. The van der Waals surface area contributed by atoms with Crippen molar-refractivity contribution in [3.8, 4) is 0 Å². The number of furan rings is 1. The number of hydrogen-bond acceptors (Lipinski definition) is 3. The largest absolute Gasteiger partial charge is 0.467 e. The highest BCUT2D eigenvalue weighted by Gasteiger charge is 2.07. The number of anilines is 1. The van der Waals surface area contributed by atoms with E-state index >= 15 is 0 Å². The van der Waals surface area contributed by atoms with Gasteiger partial charge in [0.25, 0.3) is 0 Å². The van der Waals surface area contributed by atoms with Crippen molar-refractivity contribution in [1.82, 2.24) is 9.61 Å². The van der Waals surface area contributed by atoms with E-state index in [0.29, 0.717) is 11.7 Å². The molecule has 0 unspecified atom stereocenters. The van der Waals surface area contributed by atoms with Crippen LogP contribution in [0.2, 0.25) is 5.15 Å². The molecule has 0 aromatic carbocycles. The van der Waals surface area contributed by atoms with Crippen LogP contribution >= 0.6 is 11.6 Å². The van der Waals surface area contributed by atoms with Crippen molar-refractivity contribution in [2.24, 2.45) is 0 Å². The van der Waals surface area contributed by atoms with Gasteiger partial charge in [-0.15, -0.1) is 0 Å². The molecular formula is C13H12ClN3O. The molecule has 0 spiro atoms. The van der Waals surface area contributed by atoms with Crippen LogP contribution in [0.1, 0.15) is 11.5 Å². The summed E-state index contributed by atoms with van der Waals surface area (Å²) in [4.78, 5) is 0. The molecule has 0 saturated carbocycles. The molecule has 0 fully saturated rings. The van der Waals surface area contributed by atoms with Crippen molar-refractivity contribution in [3.05, 3.63) is 53.2 Å². The number of halogens is 1. The predicted molar refractivity (Wildman–Crippen MR) is 71.0 cm³/mol. The summed E-state index contributed by atoms with van der Waals surface area (Å²) in [6, 6.07) is 9.64. The van der Waals surface area contributed by atoms with Gasteiger partial charge >= 0.3 is 0 Å². The highest BCUT2D eigenvalue weighted by molar-refractivity contribution is 6.29. The summed E-state index contributed by atoms with van der Waals surface area (Å²) >= 11 is 6.02. The summed E-state index contributed by atoms with van der Waals surface area (Å²) < 4.78 is 7.11. The second-order valence-electron chi connectivity index (χ2n) is 4.09. The zero-order valence-corrected chi connectivity index (χ0v) is 10.6. The molecule has 3 rings (SSSR count). The summed E-state index contributed by atoms with van der Waals surface area (Å²) in [5.41, 5.74) is 3.00. The Hall–Kier alpha value is -1.94. The van der Waals surface area contributed by atoms with Crippen LogP contribution in [0, 0.1) is 6.92 Å². The van der Waals surface area contributed by atoms with Gasteiger partial charge in [0.2, 0.25) is 0 Å². The van der Waals surface area contributed by atoms with Gasteiger partial charge in [-0.3, -0.25) is 0 Å². The van der Waals surface area contributed by atoms with Gasteiger partial charge in [-0.1, -0.05) is 11.6 Å². The predicted octanol–water partition coefficient (Wildman–Crippen LogP) is 3.50. The van der Waals surface area contributed by atoms with Crippen LogP contribution in [-0.2, 0) is 6.54 Å². The zero-order chi connectivity index (χ0) is 12.5. The van der Waals surface area contributed by atoms with Crippen LogP contribution in [0.25, 0.3) is 5.52 Å². The van der Waals surface area contributed by atoms with Crippen molar-refractivity contribution >= 4 is 22.8 Å². The van der Waals surface area contributed by atoms with Crippen molar-refractivity contribution in [2.75, 3.05) is 5.32 Å². The fourth-order valence-corrected chi connectivity index (χ4v) is 2.11. The van der Waals surface area contributed by atoms with Gasteiger partial charge < -0.3 is 9.73 Å². The summed E-state index contributed by atoms with van der Waals surface area (Å²) in [5.74, 6) is 0.879. The minimum absolute atomic E-state index is 0.462. The molecule has 0 aliphatic carbocycles. The van der Waals surface area contributed by atoms with Crippen LogP contribution in [0.5, 0.6) is 0 Å². The SMILES string of the molecule is Cc1ccc2c(NCc3ccco3)cc(Cl)nn12. The van der Waals surface area contributed by atoms with Crippen LogP contribution in [0.4, 0.5) is 5.69 Å². The molecule has 0 saturated heterocycles. The topological polar surface area (TPSA) is 42.5 Å². The van der Waals surface area contributed by atoms with E-state index in [0.717, 1.165) is 22.7 Å².